The van der Waals surface area contributed by atoms with Crippen LogP contribution in [0, 0.1) is 5.92 Å². The SMILES string of the molecule is CCN1CCN(S(=O)(=O)N2CCC(CN)CC2)CC1. The average Bonchev–Trinajstić information content (AvgIpc) is 2.47. The molecule has 19 heavy (non-hydrogen) atoms. The standard InChI is InChI=1S/C12H26N4O2S/c1-2-14-7-9-16(10-8-14)19(17,18)15-5-3-12(11-13)4-6-15/h12H,2-11,13H2,1H3. The van der Waals surface area contributed by atoms with Crippen molar-refractivity contribution in [3.63, 3.8) is 0 Å². The molecule has 0 atom stereocenters. The van der Waals surface area contributed by atoms with E-state index in [1.54, 1.807) is 8.61 Å². The molecule has 2 saturated heterocycles. The van der Waals surface area contributed by atoms with Crippen molar-refractivity contribution in [1.29, 1.82) is 0 Å². The Bertz CT molecular complexity index is 341. The summed E-state index contributed by atoms with van der Waals surface area (Å²) in [5, 5.41) is 0. The molecule has 0 spiro atoms. The molecule has 2 heterocycles. The van der Waals surface area contributed by atoms with E-state index in [2.05, 4.69) is 11.8 Å². The summed E-state index contributed by atoms with van der Waals surface area (Å²) in [5.74, 6) is 0.489. The minimum atomic E-state index is -3.25. The van der Waals surface area contributed by atoms with Gasteiger partial charge in [0, 0.05) is 39.3 Å². The molecule has 0 aromatic rings. The summed E-state index contributed by atoms with van der Waals surface area (Å²) < 4.78 is 28.3. The third-order valence-corrected chi connectivity index (χ3v) is 6.37. The van der Waals surface area contributed by atoms with E-state index in [0.29, 0.717) is 38.6 Å². The molecule has 0 unspecified atom stereocenters. The maximum absolute atomic E-state index is 12.5. The van der Waals surface area contributed by atoms with E-state index in [0.717, 1.165) is 32.5 Å². The summed E-state index contributed by atoms with van der Waals surface area (Å²) in [6.45, 7) is 7.95. The Labute approximate surface area is 116 Å². The zero-order valence-electron chi connectivity index (χ0n) is 11.8. The largest absolute Gasteiger partial charge is 0.330 e. The van der Waals surface area contributed by atoms with Crippen LogP contribution in [0.5, 0.6) is 0 Å². The maximum atomic E-state index is 12.5. The fourth-order valence-electron chi connectivity index (χ4n) is 2.82. The highest BCUT2D eigenvalue weighted by Crippen LogP contribution is 2.21. The fraction of sp³-hybridized carbons (Fsp3) is 1.00. The normalized spacial score (nSPS) is 25.8. The van der Waals surface area contributed by atoms with Gasteiger partial charge in [-0.2, -0.15) is 17.0 Å². The molecule has 7 heteroatoms. The molecule has 0 radical (unpaired) electrons. The number of hydrogen-bond acceptors (Lipinski definition) is 4. The third kappa shape index (κ3) is 3.46. The number of piperazine rings is 1. The van der Waals surface area contributed by atoms with Gasteiger partial charge in [-0.25, -0.2) is 0 Å². The van der Waals surface area contributed by atoms with Gasteiger partial charge in [-0.1, -0.05) is 6.92 Å². The van der Waals surface area contributed by atoms with Crippen molar-refractivity contribution < 1.29 is 8.42 Å². The van der Waals surface area contributed by atoms with Crippen molar-refractivity contribution in [2.45, 2.75) is 19.8 Å². The van der Waals surface area contributed by atoms with Gasteiger partial charge >= 0.3 is 0 Å². The zero-order chi connectivity index (χ0) is 13.9. The summed E-state index contributed by atoms with van der Waals surface area (Å²) in [6.07, 6.45) is 1.79. The smallest absolute Gasteiger partial charge is 0.282 e. The molecule has 0 saturated carbocycles. The second-order valence-electron chi connectivity index (χ2n) is 5.42. The van der Waals surface area contributed by atoms with E-state index in [1.807, 2.05) is 0 Å². The number of piperidine rings is 1. The van der Waals surface area contributed by atoms with Crippen molar-refractivity contribution >= 4 is 10.2 Å². The van der Waals surface area contributed by atoms with Crippen LogP contribution in [0.15, 0.2) is 0 Å². The van der Waals surface area contributed by atoms with Gasteiger partial charge in [-0.15, -0.1) is 0 Å². The van der Waals surface area contributed by atoms with Gasteiger partial charge in [0.25, 0.3) is 10.2 Å². The van der Waals surface area contributed by atoms with E-state index < -0.39 is 10.2 Å². The first kappa shape index (κ1) is 15.2. The monoisotopic (exact) mass is 290 g/mol. The minimum absolute atomic E-state index is 0.489. The van der Waals surface area contributed by atoms with Crippen LogP contribution in [-0.2, 0) is 10.2 Å². The lowest BCUT2D eigenvalue weighted by molar-refractivity contribution is 0.182. The Morgan fingerprint density at radius 3 is 2.00 bits per heavy atom. The number of hydrogen-bond donors (Lipinski definition) is 1. The van der Waals surface area contributed by atoms with Crippen LogP contribution in [0.1, 0.15) is 19.8 Å². The lowest BCUT2D eigenvalue weighted by atomic mass is 9.99. The molecule has 6 nitrogen and oxygen atoms in total. The molecule has 2 rings (SSSR count). The van der Waals surface area contributed by atoms with Gasteiger partial charge in [0.1, 0.15) is 0 Å². The second kappa shape index (κ2) is 6.49. The quantitative estimate of drug-likeness (QED) is 0.760. The Kier molecular flexibility index (Phi) is 5.19. The fourth-order valence-corrected chi connectivity index (χ4v) is 4.44. The van der Waals surface area contributed by atoms with Crippen LogP contribution < -0.4 is 5.73 Å². The lowest BCUT2D eigenvalue weighted by Gasteiger charge is -2.38. The summed E-state index contributed by atoms with van der Waals surface area (Å²) in [5.41, 5.74) is 5.65. The van der Waals surface area contributed by atoms with Crippen molar-refractivity contribution in [1.82, 2.24) is 13.5 Å². The van der Waals surface area contributed by atoms with E-state index in [9.17, 15) is 8.42 Å². The van der Waals surface area contributed by atoms with Crippen molar-refractivity contribution in [2.75, 3.05) is 52.4 Å². The number of likely N-dealkylation sites (N-methyl/N-ethyl adjacent to an activating group) is 1. The van der Waals surface area contributed by atoms with E-state index >= 15 is 0 Å². The number of rotatable bonds is 4. The highest BCUT2D eigenvalue weighted by atomic mass is 32.2. The second-order valence-corrected chi connectivity index (χ2v) is 7.35. The van der Waals surface area contributed by atoms with Gasteiger partial charge in [0.05, 0.1) is 0 Å². The number of nitrogens with zero attached hydrogens (tertiary/aromatic N) is 3. The first-order valence-corrected chi connectivity index (χ1v) is 8.65. The molecule has 2 fully saturated rings. The lowest BCUT2D eigenvalue weighted by Crippen LogP contribution is -2.54. The van der Waals surface area contributed by atoms with Gasteiger partial charge < -0.3 is 10.6 Å². The molecule has 0 aromatic carbocycles. The van der Waals surface area contributed by atoms with Crippen LogP contribution in [0.2, 0.25) is 0 Å². The Balaban J connectivity index is 1.92. The van der Waals surface area contributed by atoms with Crippen molar-refractivity contribution in [2.24, 2.45) is 11.7 Å². The maximum Gasteiger partial charge on any atom is 0.282 e. The average molecular weight is 290 g/mol. The van der Waals surface area contributed by atoms with Gasteiger partial charge in [0.2, 0.25) is 0 Å². The molecular weight excluding hydrogens is 264 g/mol. The molecule has 0 bridgehead atoms. The first-order chi connectivity index (χ1) is 9.07. The van der Waals surface area contributed by atoms with Crippen LogP contribution in [-0.4, -0.2) is 74.3 Å². The third-order valence-electron chi connectivity index (χ3n) is 4.34. The number of nitrogens with two attached hydrogens (primary N) is 1. The highest BCUT2D eigenvalue weighted by Gasteiger charge is 2.34. The molecule has 0 aromatic heterocycles. The van der Waals surface area contributed by atoms with E-state index in [-0.39, 0.29) is 0 Å². The topological polar surface area (TPSA) is 69.9 Å². The predicted octanol–water partition coefficient (Wildman–Crippen LogP) is -0.461. The van der Waals surface area contributed by atoms with Crippen LogP contribution in [0.3, 0.4) is 0 Å². The molecule has 2 aliphatic rings. The van der Waals surface area contributed by atoms with Gasteiger partial charge in [-0.05, 0) is 31.8 Å². The predicted molar refractivity (Wildman–Crippen MR) is 76.0 cm³/mol. The molecule has 112 valence electrons. The highest BCUT2D eigenvalue weighted by molar-refractivity contribution is 7.86. The van der Waals surface area contributed by atoms with Gasteiger partial charge in [-0.3, -0.25) is 0 Å². The summed E-state index contributed by atoms with van der Waals surface area (Å²) in [6, 6.07) is 0. The Hall–Kier alpha value is -0.210. The van der Waals surface area contributed by atoms with Crippen LogP contribution in [0.25, 0.3) is 0 Å². The van der Waals surface area contributed by atoms with Crippen molar-refractivity contribution in [3.05, 3.63) is 0 Å². The molecule has 0 aliphatic carbocycles. The first-order valence-electron chi connectivity index (χ1n) is 7.25. The molecule has 0 amide bonds. The molecule has 2 N–H and O–H groups in total. The summed E-state index contributed by atoms with van der Waals surface area (Å²) >= 11 is 0. The van der Waals surface area contributed by atoms with Crippen LogP contribution >= 0.6 is 0 Å². The Morgan fingerprint density at radius 2 is 1.53 bits per heavy atom. The van der Waals surface area contributed by atoms with Crippen molar-refractivity contribution in [3.8, 4) is 0 Å². The molecular formula is C12H26N4O2S. The van der Waals surface area contributed by atoms with Crippen LogP contribution in [0.4, 0.5) is 0 Å². The summed E-state index contributed by atoms with van der Waals surface area (Å²) in [7, 11) is -3.25. The summed E-state index contributed by atoms with van der Waals surface area (Å²) in [4.78, 5) is 2.28. The molecule has 2 aliphatic heterocycles. The van der Waals surface area contributed by atoms with Gasteiger partial charge in [0.15, 0.2) is 0 Å². The van der Waals surface area contributed by atoms with E-state index in [4.69, 9.17) is 5.73 Å². The zero-order valence-corrected chi connectivity index (χ0v) is 12.6. The minimum Gasteiger partial charge on any atom is -0.330 e. The Morgan fingerprint density at radius 1 is 1.00 bits per heavy atom. The van der Waals surface area contributed by atoms with E-state index in [1.165, 1.54) is 0 Å².